The van der Waals surface area contributed by atoms with E-state index in [-0.39, 0.29) is 0 Å². The summed E-state index contributed by atoms with van der Waals surface area (Å²) in [6.45, 7) is 2.96. The third kappa shape index (κ3) is 3.60. The van der Waals surface area contributed by atoms with Crippen molar-refractivity contribution in [3.8, 4) is 5.75 Å². The number of nitrogens with zero attached hydrogens (tertiary/aromatic N) is 1. The number of thiocarbonyl (C=S) groups is 1. The average Bonchev–Trinajstić information content (AvgIpc) is 2.46. The van der Waals surface area contributed by atoms with Crippen molar-refractivity contribution in [1.82, 2.24) is 10.2 Å². The summed E-state index contributed by atoms with van der Waals surface area (Å²) < 4.78 is 5.14. The fourth-order valence-corrected chi connectivity index (χ4v) is 2.38. The number of piperidine rings is 1. The minimum Gasteiger partial charge on any atom is -0.497 e. The summed E-state index contributed by atoms with van der Waals surface area (Å²) in [5, 5.41) is 4.20. The van der Waals surface area contributed by atoms with Crippen molar-refractivity contribution >= 4 is 17.3 Å². The van der Waals surface area contributed by atoms with Gasteiger partial charge in [-0.25, -0.2) is 0 Å². The molecule has 0 radical (unpaired) electrons. The molecule has 0 aromatic heterocycles. The molecule has 1 aromatic carbocycles. The van der Waals surface area contributed by atoms with E-state index in [1.807, 2.05) is 12.1 Å². The van der Waals surface area contributed by atoms with Crippen LogP contribution in [0.2, 0.25) is 0 Å². The van der Waals surface area contributed by atoms with Gasteiger partial charge in [0, 0.05) is 19.6 Å². The molecule has 1 aromatic rings. The van der Waals surface area contributed by atoms with E-state index in [0.717, 1.165) is 30.5 Å². The van der Waals surface area contributed by atoms with Crippen LogP contribution in [0.1, 0.15) is 24.8 Å². The molecule has 0 unspecified atom stereocenters. The normalized spacial score (nSPS) is 15.3. The van der Waals surface area contributed by atoms with Gasteiger partial charge in [0.05, 0.1) is 7.11 Å². The Morgan fingerprint density at radius 1 is 1.22 bits per heavy atom. The Morgan fingerprint density at radius 3 is 2.50 bits per heavy atom. The number of hydrogen-bond acceptors (Lipinski definition) is 2. The van der Waals surface area contributed by atoms with Crippen molar-refractivity contribution in [2.45, 2.75) is 25.8 Å². The molecular formula is C14H20N2OS. The van der Waals surface area contributed by atoms with E-state index in [1.54, 1.807) is 7.11 Å². The molecule has 1 heterocycles. The molecular weight excluding hydrogens is 244 g/mol. The second-order valence-electron chi connectivity index (χ2n) is 4.55. The number of rotatable bonds is 3. The number of methoxy groups -OCH3 is 1. The lowest BCUT2D eigenvalue weighted by atomic mass is 10.1. The summed E-state index contributed by atoms with van der Waals surface area (Å²) in [6, 6.07) is 8.07. The molecule has 0 saturated carbocycles. The largest absolute Gasteiger partial charge is 0.497 e. The molecule has 4 heteroatoms. The number of ether oxygens (including phenoxy) is 1. The Labute approximate surface area is 114 Å². The van der Waals surface area contributed by atoms with E-state index in [2.05, 4.69) is 22.3 Å². The van der Waals surface area contributed by atoms with Gasteiger partial charge in [-0.3, -0.25) is 0 Å². The van der Waals surface area contributed by atoms with Gasteiger partial charge in [-0.05, 0) is 49.2 Å². The highest BCUT2D eigenvalue weighted by atomic mass is 32.1. The Kier molecular flexibility index (Phi) is 4.81. The number of likely N-dealkylation sites (tertiary alicyclic amines) is 1. The van der Waals surface area contributed by atoms with Gasteiger partial charge >= 0.3 is 0 Å². The summed E-state index contributed by atoms with van der Waals surface area (Å²) in [7, 11) is 1.68. The van der Waals surface area contributed by atoms with E-state index in [9.17, 15) is 0 Å². The smallest absolute Gasteiger partial charge is 0.169 e. The maximum atomic E-state index is 5.41. The van der Waals surface area contributed by atoms with Crippen LogP contribution in [0, 0.1) is 0 Å². The summed E-state index contributed by atoms with van der Waals surface area (Å²) in [5.74, 6) is 0.886. The first-order valence-corrected chi connectivity index (χ1v) is 6.86. The minimum atomic E-state index is 0.777. The zero-order valence-electron chi connectivity index (χ0n) is 10.8. The van der Waals surface area contributed by atoms with Crippen LogP contribution in [0.15, 0.2) is 24.3 Å². The molecule has 1 N–H and O–H groups in total. The first-order valence-electron chi connectivity index (χ1n) is 6.45. The van der Waals surface area contributed by atoms with Crippen LogP contribution in [-0.4, -0.2) is 30.2 Å². The van der Waals surface area contributed by atoms with Crippen LogP contribution in [-0.2, 0) is 6.54 Å². The van der Waals surface area contributed by atoms with Gasteiger partial charge in [-0.2, -0.15) is 0 Å². The van der Waals surface area contributed by atoms with Crippen LogP contribution in [0.25, 0.3) is 0 Å². The topological polar surface area (TPSA) is 24.5 Å². The summed E-state index contributed by atoms with van der Waals surface area (Å²) in [5.41, 5.74) is 1.22. The monoisotopic (exact) mass is 264 g/mol. The Bertz CT molecular complexity index is 385. The van der Waals surface area contributed by atoms with Crippen molar-refractivity contribution in [3.05, 3.63) is 29.8 Å². The summed E-state index contributed by atoms with van der Waals surface area (Å²) in [4.78, 5) is 2.27. The lowest BCUT2D eigenvalue weighted by Gasteiger charge is -2.29. The predicted molar refractivity (Wildman–Crippen MR) is 77.9 cm³/mol. The fourth-order valence-electron chi connectivity index (χ4n) is 2.13. The van der Waals surface area contributed by atoms with Crippen molar-refractivity contribution in [1.29, 1.82) is 0 Å². The van der Waals surface area contributed by atoms with Gasteiger partial charge < -0.3 is 15.0 Å². The van der Waals surface area contributed by atoms with Gasteiger partial charge in [0.1, 0.15) is 5.75 Å². The molecule has 1 aliphatic rings. The van der Waals surface area contributed by atoms with Gasteiger partial charge in [0.15, 0.2) is 5.11 Å². The molecule has 98 valence electrons. The molecule has 0 spiro atoms. The highest BCUT2D eigenvalue weighted by molar-refractivity contribution is 7.80. The van der Waals surface area contributed by atoms with Crippen molar-refractivity contribution in [2.75, 3.05) is 20.2 Å². The fraction of sp³-hybridized carbons (Fsp3) is 0.500. The van der Waals surface area contributed by atoms with Crippen molar-refractivity contribution in [3.63, 3.8) is 0 Å². The SMILES string of the molecule is COc1ccc(CNC(=S)N2CCCCC2)cc1. The van der Waals surface area contributed by atoms with Crippen molar-refractivity contribution < 1.29 is 4.74 Å². The van der Waals surface area contributed by atoms with Crippen LogP contribution >= 0.6 is 12.2 Å². The first-order chi connectivity index (χ1) is 8.79. The molecule has 2 rings (SSSR count). The number of nitrogens with one attached hydrogen (secondary N) is 1. The van der Waals surface area contributed by atoms with Crippen LogP contribution in [0.5, 0.6) is 5.75 Å². The third-order valence-corrected chi connectivity index (χ3v) is 3.65. The third-order valence-electron chi connectivity index (χ3n) is 3.25. The molecule has 1 aliphatic heterocycles. The molecule has 0 amide bonds. The lowest BCUT2D eigenvalue weighted by Crippen LogP contribution is -2.42. The Hall–Kier alpha value is -1.29. The second kappa shape index (κ2) is 6.59. The van der Waals surface area contributed by atoms with E-state index in [0.29, 0.717) is 0 Å². The van der Waals surface area contributed by atoms with E-state index in [4.69, 9.17) is 17.0 Å². The highest BCUT2D eigenvalue weighted by Crippen LogP contribution is 2.12. The first kappa shape index (κ1) is 13.1. The van der Waals surface area contributed by atoms with E-state index >= 15 is 0 Å². The zero-order valence-corrected chi connectivity index (χ0v) is 11.6. The molecule has 18 heavy (non-hydrogen) atoms. The molecule has 1 fully saturated rings. The second-order valence-corrected chi connectivity index (χ2v) is 4.94. The maximum Gasteiger partial charge on any atom is 0.169 e. The summed E-state index contributed by atoms with van der Waals surface area (Å²) in [6.07, 6.45) is 3.84. The van der Waals surface area contributed by atoms with Gasteiger partial charge in [0.25, 0.3) is 0 Å². The quantitative estimate of drug-likeness (QED) is 0.848. The predicted octanol–water partition coefficient (Wildman–Crippen LogP) is 2.56. The molecule has 1 saturated heterocycles. The zero-order chi connectivity index (χ0) is 12.8. The van der Waals surface area contributed by atoms with Gasteiger partial charge in [0.2, 0.25) is 0 Å². The Morgan fingerprint density at radius 2 is 1.89 bits per heavy atom. The molecule has 0 bridgehead atoms. The minimum absolute atomic E-state index is 0.777. The van der Waals surface area contributed by atoms with E-state index < -0.39 is 0 Å². The molecule has 0 atom stereocenters. The highest BCUT2D eigenvalue weighted by Gasteiger charge is 2.12. The number of benzene rings is 1. The van der Waals surface area contributed by atoms with Gasteiger partial charge in [-0.1, -0.05) is 12.1 Å². The van der Waals surface area contributed by atoms with E-state index in [1.165, 1.54) is 24.8 Å². The van der Waals surface area contributed by atoms with Crippen LogP contribution in [0.3, 0.4) is 0 Å². The van der Waals surface area contributed by atoms with Crippen molar-refractivity contribution in [2.24, 2.45) is 0 Å². The standard InChI is InChI=1S/C14H20N2OS/c1-17-13-7-5-12(6-8-13)11-15-14(18)16-9-3-2-4-10-16/h5-8H,2-4,9-11H2,1H3,(H,15,18). The average molecular weight is 264 g/mol. The summed E-state index contributed by atoms with van der Waals surface area (Å²) >= 11 is 5.41. The van der Waals surface area contributed by atoms with Crippen LogP contribution in [0.4, 0.5) is 0 Å². The Balaban J connectivity index is 1.80. The molecule has 0 aliphatic carbocycles. The molecule has 3 nitrogen and oxygen atoms in total. The van der Waals surface area contributed by atoms with Crippen LogP contribution < -0.4 is 10.1 Å². The lowest BCUT2D eigenvalue weighted by molar-refractivity contribution is 0.338. The van der Waals surface area contributed by atoms with Gasteiger partial charge in [-0.15, -0.1) is 0 Å². The number of hydrogen-bond donors (Lipinski definition) is 1. The maximum absolute atomic E-state index is 5.41.